The minimum Gasteiger partial charge on any atom is -1.00 e. The molecule has 7 heteroatoms. The number of benzene rings is 2. The second-order valence-electron chi connectivity index (χ2n) is 5.67. The monoisotopic (exact) mass is 416 g/mol. The highest BCUT2D eigenvalue weighted by molar-refractivity contribution is 7.22. The van der Waals surface area contributed by atoms with Crippen molar-refractivity contribution < 1.29 is 26.8 Å². The number of rotatable bonds is 3. The molecule has 0 aliphatic carbocycles. The van der Waals surface area contributed by atoms with E-state index in [1.54, 1.807) is 16.3 Å². The number of anilines is 2. The first-order valence-corrected chi connectivity index (χ1v) is 8.53. The average Bonchev–Trinajstić information content (AvgIpc) is 3.10. The molecule has 2 N–H and O–H groups in total. The molecule has 2 aromatic carbocycles. The molecule has 0 bridgehead atoms. The molecule has 25 heavy (non-hydrogen) atoms. The third-order valence-corrected chi connectivity index (χ3v) is 5.16. The molecule has 1 aliphatic rings. The Kier molecular flexibility index (Phi) is 4.89. The number of aromatic nitrogens is 1. The summed E-state index contributed by atoms with van der Waals surface area (Å²) in [7, 11) is 1.97. The maximum absolute atomic E-state index is 12.9. The van der Waals surface area contributed by atoms with E-state index in [2.05, 4.69) is 10.3 Å². The second-order valence-corrected chi connectivity index (χ2v) is 6.70. The number of carbonyl (C=O) groups excluding carboxylic acids is 1. The van der Waals surface area contributed by atoms with E-state index >= 15 is 0 Å². The Morgan fingerprint density at radius 1 is 1.08 bits per heavy atom. The molecule has 0 spiro atoms. The average molecular weight is 417 g/mol. The Morgan fingerprint density at radius 3 is 2.48 bits per heavy atom. The number of hydrogen-bond donors (Lipinski definition) is 2. The molecule has 0 saturated carbocycles. The quantitative estimate of drug-likeness (QED) is 0.600. The van der Waals surface area contributed by atoms with Gasteiger partial charge in [-0.25, -0.2) is 4.98 Å². The van der Waals surface area contributed by atoms with Crippen LogP contribution in [0.3, 0.4) is 0 Å². The molecule has 4 rings (SSSR count). The maximum atomic E-state index is 12.9. The molecule has 1 aromatic heterocycles. The molecule has 1 amide bonds. The Balaban J connectivity index is 0.00000182. The first-order valence-electron chi connectivity index (χ1n) is 7.72. The van der Waals surface area contributed by atoms with Gasteiger partial charge in [-0.2, -0.15) is 5.01 Å². The minimum absolute atomic E-state index is 0. The van der Waals surface area contributed by atoms with Crippen LogP contribution in [0.4, 0.5) is 10.8 Å². The zero-order valence-electron chi connectivity index (χ0n) is 13.8. The van der Waals surface area contributed by atoms with Crippen molar-refractivity contribution in [1.29, 1.82) is 0 Å². The number of thiazole rings is 1. The van der Waals surface area contributed by atoms with Gasteiger partial charge in [0.05, 0.1) is 23.0 Å². The second kappa shape index (κ2) is 6.95. The van der Waals surface area contributed by atoms with Crippen molar-refractivity contribution in [1.82, 2.24) is 4.98 Å². The molecule has 1 aliphatic heterocycles. The summed E-state index contributed by atoms with van der Waals surface area (Å²) < 4.78 is 1.10. The lowest BCUT2D eigenvalue weighted by Gasteiger charge is -2.20. The molecular weight excluding hydrogens is 400 g/mol. The van der Waals surface area contributed by atoms with Crippen molar-refractivity contribution in [2.24, 2.45) is 0 Å². The molecule has 128 valence electrons. The number of amides is 1. The van der Waals surface area contributed by atoms with Crippen molar-refractivity contribution in [3.05, 3.63) is 66.0 Å². The van der Waals surface area contributed by atoms with Crippen LogP contribution in [0, 0.1) is 0 Å². The number of allylic oxidation sites excluding steroid dienone is 1. The maximum Gasteiger partial charge on any atom is 0.326 e. The molecule has 1 unspecified atom stereocenters. The van der Waals surface area contributed by atoms with Crippen LogP contribution in [-0.2, 0) is 4.79 Å². The number of carbonyl (C=O) groups is 1. The Morgan fingerprint density at radius 2 is 1.76 bits per heavy atom. The van der Waals surface area contributed by atoms with Gasteiger partial charge in [-0.1, -0.05) is 41.7 Å². The minimum atomic E-state index is -0.0459. The first-order chi connectivity index (χ1) is 11.6. The normalized spacial score (nSPS) is 17.1. The van der Waals surface area contributed by atoms with Crippen molar-refractivity contribution in [3.63, 3.8) is 0 Å². The first kappa shape index (κ1) is 17.6. The highest BCUT2D eigenvalue weighted by atomic mass is 79.9. The number of nitrogens with zero attached hydrogens (tertiary/aromatic N) is 2. The van der Waals surface area contributed by atoms with E-state index in [4.69, 9.17) is 0 Å². The van der Waals surface area contributed by atoms with Crippen LogP contribution in [0.15, 0.2) is 66.0 Å². The Labute approximate surface area is 160 Å². The molecular formula is C18H17BrN4OS. The molecule has 2 heterocycles. The predicted octanol–water partition coefficient (Wildman–Crippen LogP) is -0.580. The molecule has 0 fully saturated rings. The zero-order valence-corrected chi connectivity index (χ0v) is 16.2. The van der Waals surface area contributed by atoms with Gasteiger partial charge in [-0.15, -0.1) is 5.01 Å². The number of nitrogens with one attached hydrogen (secondary N) is 2. The number of fused-ring (bicyclic) bond motifs is 1. The lowest BCUT2D eigenvalue weighted by Crippen LogP contribution is -3.13. The smallest absolute Gasteiger partial charge is 0.326 e. The van der Waals surface area contributed by atoms with E-state index in [1.807, 2.05) is 68.6 Å². The molecule has 0 saturated heterocycles. The summed E-state index contributed by atoms with van der Waals surface area (Å²) >= 11 is 1.55. The van der Waals surface area contributed by atoms with Gasteiger partial charge in [-0.05, 0) is 24.3 Å². The van der Waals surface area contributed by atoms with E-state index in [1.165, 1.54) is 0 Å². The third kappa shape index (κ3) is 3.06. The van der Waals surface area contributed by atoms with E-state index in [-0.39, 0.29) is 22.9 Å². The standard InChI is InChI=1S/C18H16N4OS.BrH/c1-12-16(20-18-19-14-10-6-7-11-15(14)24-18)17(23)22(21(12)2)13-8-4-3-5-9-13;/h3-11H,1-2H3,(H,19,20);1H. The summed E-state index contributed by atoms with van der Waals surface area (Å²) in [5.41, 5.74) is 3.35. The fourth-order valence-corrected chi connectivity index (χ4v) is 3.71. The van der Waals surface area contributed by atoms with E-state index < -0.39 is 0 Å². The van der Waals surface area contributed by atoms with Gasteiger partial charge in [0, 0.05) is 6.92 Å². The van der Waals surface area contributed by atoms with Crippen molar-refractivity contribution in [2.45, 2.75) is 6.92 Å². The number of quaternary nitrogens is 1. The lowest BCUT2D eigenvalue weighted by atomic mass is 10.3. The van der Waals surface area contributed by atoms with Crippen LogP contribution in [0.25, 0.3) is 10.2 Å². The van der Waals surface area contributed by atoms with Gasteiger partial charge in [0.15, 0.2) is 16.5 Å². The van der Waals surface area contributed by atoms with Crippen LogP contribution in [0.5, 0.6) is 0 Å². The molecule has 1 atom stereocenters. The highest BCUT2D eigenvalue weighted by Gasteiger charge is 2.39. The SMILES string of the molecule is CC1=C(Nc2nc3ccccc3s2)C(=O)N(c2ccccc2)[NH+]1C.[Br-]. The van der Waals surface area contributed by atoms with Crippen LogP contribution in [0.1, 0.15) is 6.92 Å². The third-order valence-electron chi connectivity index (χ3n) is 4.21. The Hall–Kier alpha value is -2.22. The van der Waals surface area contributed by atoms with Crippen molar-refractivity contribution in [2.75, 3.05) is 17.4 Å². The summed E-state index contributed by atoms with van der Waals surface area (Å²) in [6, 6.07) is 17.7. The molecule has 3 aromatic rings. The van der Waals surface area contributed by atoms with Gasteiger partial charge in [0.25, 0.3) is 0 Å². The number of hydrogen-bond acceptors (Lipinski definition) is 4. The van der Waals surface area contributed by atoms with Crippen molar-refractivity contribution in [3.8, 4) is 0 Å². The zero-order chi connectivity index (χ0) is 16.7. The van der Waals surface area contributed by atoms with E-state index in [9.17, 15) is 4.79 Å². The predicted molar refractivity (Wildman–Crippen MR) is 96.8 cm³/mol. The van der Waals surface area contributed by atoms with Crippen LogP contribution in [-0.4, -0.2) is 17.9 Å². The summed E-state index contributed by atoms with van der Waals surface area (Å²) in [6.45, 7) is 1.96. The van der Waals surface area contributed by atoms with Gasteiger partial charge in [0.1, 0.15) is 0 Å². The Bertz CT molecular complexity index is 921. The van der Waals surface area contributed by atoms with Crippen LogP contribution in [0.2, 0.25) is 0 Å². The van der Waals surface area contributed by atoms with Crippen LogP contribution < -0.4 is 32.3 Å². The molecule has 0 radical (unpaired) electrons. The summed E-state index contributed by atoms with van der Waals surface area (Å²) in [4.78, 5) is 17.5. The number of halogens is 1. The largest absolute Gasteiger partial charge is 1.00 e. The fourth-order valence-electron chi connectivity index (χ4n) is 2.84. The van der Waals surface area contributed by atoms with Gasteiger partial charge in [-0.3, -0.25) is 4.79 Å². The lowest BCUT2D eigenvalue weighted by molar-refractivity contribution is -0.836. The fraction of sp³-hybridized carbons (Fsp3) is 0.111. The van der Waals surface area contributed by atoms with E-state index in [0.717, 1.165) is 31.7 Å². The molecule has 5 nitrogen and oxygen atoms in total. The van der Waals surface area contributed by atoms with Gasteiger partial charge < -0.3 is 22.3 Å². The van der Waals surface area contributed by atoms with Gasteiger partial charge in [0.2, 0.25) is 0 Å². The van der Waals surface area contributed by atoms with Crippen LogP contribution >= 0.6 is 11.3 Å². The topological polar surface area (TPSA) is 49.7 Å². The van der Waals surface area contributed by atoms with Gasteiger partial charge >= 0.3 is 5.91 Å². The highest BCUT2D eigenvalue weighted by Crippen LogP contribution is 2.28. The summed E-state index contributed by atoms with van der Waals surface area (Å²) in [6.07, 6.45) is 0. The van der Waals surface area contributed by atoms with Crippen molar-refractivity contribution >= 4 is 38.3 Å². The van der Waals surface area contributed by atoms with E-state index in [0.29, 0.717) is 5.70 Å². The summed E-state index contributed by atoms with van der Waals surface area (Å²) in [5, 5.41) is 6.65. The summed E-state index contributed by atoms with van der Waals surface area (Å²) in [5.74, 6) is -0.0459. The number of para-hydroxylation sites is 2.